The molecule has 166 valence electrons. The first-order chi connectivity index (χ1) is 13.8. The molecule has 0 aromatic carbocycles. The molecule has 1 fully saturated rings. The number of carbonyl (C=O) groups is 1. The van der Waals surface area contributed by atoms with Gasteiger partial charge in [0.2, 0.25) is 0 Å². The van der Waals surface area contributed by atoms with Crippen LogP contribution >= 0.6 is 11.8 Å². The van der Waals surface area contributed by atoms with E-state index in [4.69, 9.17) is 0 Å². The second-order valence-corrected chi connectivity index (χ2v) is 9.97. The molecule has 0 saturated carbocycles. The minimum Gasteiger partial charge on any atom is -0.303 e. The van der Waals surface area contributed by atoms with Crippen molar-refractivity contribution in [3.8, 4) is 0 Å². The highest BCUT2D eigenvalue weighted by Crippen LogP contribution is 2.16. The van der Waals surface area contributed by atoms with Crippen LogP contribution in [0, 0.1) is 0 Å². The van der Waals surface area contributed by atoms with E-state index in [1.807, 2.05) is 0 Å². The highest BCUT2D eigenvalue weighted by atomic mass is 32.2. The fourth-order valence-corrected chi connectivity index (χ4v) is 4.98. The minimum atomic E-state index is 0.427. The van der Waals surface area contributed by atoms with Crippen molar-refractivity contribution in [1.29, 1.82) is 0 Å². The van der Waals surface area contributed by atoms with Crippen LogP contribution in [0.3, 0.4) is 0 Å². The highest BCUT2D eigenvalue weighted by Gasteiger charge is 2.10. The van der Waals surface area contributed by atoms with Gasteiger partial charge < -0.3 is 4.90 Å². The summed E-state index contributed by atoms with van der Waals surface area (Å²) in [5, 5.41) is 0.427. The van der Waals surface area contributed by atoms with Gasteiger partial charge in [-0.15, -0.1) is 0 Å². The van der Waals surface area contributed by atoms with E-state index in [1.165, 1.54) is 129 Å². The summed E-state index contributed by atoms with van der Waals surface area (Å²) in [6.45, 7) is 6.03. The Morgan fingerprint density at radius 2 is 1.14 bits per heavy atom. The first kappa shape index (κ1) is 26.0. The summed E-state index contributed by atoms with van der Waals surface area (Å²) in [6.07, 6.45) is 25.5. The van der Waals surface area contributed by atoms with Gasteiger partial charge in [-0.2, -0.15) is 0 Å². The topological polar surface area (TPSA) is 20.3 Å². The molecule has 0 aromatic heterocycles. The maximum atomic E-state index is 11.9. The summed E-state index contributed by atoms with van der Waals surface area (Å²) in [5.41, 5.74) is 0. The standard InChI is InChI=1S/C25H49NOS/c1-2-3-4-5-6-7-8-9-10-11-12-13-14-15-16-20-25(27)28-24-19-23-26-21-17-18-22-26/h2-24H2,1H3. The predicted octanol–water partition coefficient (Wildman–Crippen LogP) is 7.99. The van der Waals surface area contributed by atoms with Gasteiger partial charge in [0, 0.05) is 12.2 Å². The van der Waals surface area contributed by atoms with Crippen molar-refractivity contribution in [3.63, 3.8) is 0 Å². The van der Waals surface area contributed by atoms with Crippen LogP contribution in [0.2, 0.25) is 0 Å². The van der Waals surface area contributed by atoms with Crippen molar-refractivity contribution in [2.75, 3.05) is 25.4 Å². The zero-order valence-electron chi connectivity index (χ0n) is 19.0. The molecular formula is C25H49NOS. The molecular weight excluding hydrogens is 362 g/mol. The summed E-state index contributed by atoms with van der Waals surface area (Å²) >= 11 is 1.58. The van der Waals surface area contributed by atoms with Gasteiger partial charge in [0.25, 0.3) is 0 Å². The van der Waals surface area contributed by atoms with Crippen LogP contribution < -0.4 is 0 Å². The zero-order chi connectivity index (χ0) is 20.1. The molecule has 1 aliphatic heterocycles. The third-order valence-electron chi connectivity index (χ3n) is 6.06. The molecule has 0 aromatic rings. The largest absolute Gasteiger partial charge is 0.303 e. The normalized spacial score (nSPS) is 14.8. The molecule has 2 nitrogen and oxygen atoms in total. The molecule has 0 unspecified atom stereocenters. The van der Waals surface area contributed by atoms with E-state index >= 15 is 0 Å². The van der Waals surface area contributed by atoms with Crippen molar-refractivity contribution in [2.24, 2.45) is 0 Å². The SMILES string of the molecule is CCCCCCCCCCCCCCCCCC(=O)SCCCN1CCCC1. The molecule has 1 aliphatic rings. The van der Waals surface area contributed by atoms with E-state index in [0.717, 1.165) is 18.6 Å². The molecule has 1 saturated heterocycles. The smallest absolute Gasteiger partial charge is 0.188 e. The molecule has 0 bridgehead atoms. The number of hydrogen-bond acceptors (Lipinski definition) is 3. The third kappa shape index (κ3) is 16.9. The number of carbonyl (C=O) groups excluding carboxylic acids is 1. The lowest BCUT2D eigenvalue weighted by Crippen LogP contribution is -2.20. The lowest BCUT2D eigenvalue weighted by molar-refractivity contribution is -0.111. The first-order valence-corrected chi connectivity index (χ1v) is 13.7. The molecule has 28 heavy (non-hydrogen) atoms. The van der Waals surface area contributed by atoms with E-state index in [0.29, 0.717) is 5.12 Å². The Hall–Kier alpha value is -0.0200. The fraction of sp³-hybridized carbons (Fsp3) is 0.960. The summed E-state index contributed by atoms with van der Waals surface area (Å²) in [6, 6.07) is 0. The van der Waals surface area contributed by atoms with Gasteiger partial charge in [-0.05, 0) is 45.3 Å². The van der Waals surface area contributed by atoms with E-state index in [-0.39, 0.29) is 0 Å². The molecule has 0 amide bonds. The summed E-state index contributed by atoms with van der Waals surface area (Å²) in [4.78, 5) is 14.5. The van der Waals surface area contributed by atoms with Gasteiger partial charge in [0.05, 0.1) is 0 Å². The number of thioether (sulfide) groups is 1. The van der Waals surface area contributed by atoms with Crippen LogP contribution in [0.25, 0.3) is 0 Å². The predicted molar refractivity (Wildman–Crippen MR) is 127 cm³/mol. The Morgan fingerprint density at radius 1 is 0.679 bits per heavy atom. The van der Waals surface area contributed by atoms with Crippen LogP contribution in [-0.4, -0.2) is 35.4 Å². The second kappa shape index (κ2) is 20.3. The van der Waals surface area contributed by atoms with Crippen molar-refractivity contribution in [3.05, 3.63) is 0 Å². The maximum Gasteiger partial charge on any atom is 0.188 e. The lowest BCUT2D eigenvalue weighted by atomic mass is 10.0. The van der Waals surface area contributed by atoms with Crippen LogP contribution in [-0.2, 0) is 4.79 Å². The average Bonchev–Trinajstić information content (AvgIpc) is 3.22. The summed E-state index contributed by atoms with van der Waals surface area (Å²) < 4.78 is 0. The molecule has 0 atom stereocenters. The number of unbranched alkanes of at least 4 members (excludes halogenated alkanes) is 14. The second-order valence-electron chi connectivity index (χ2n) is 8.82. The number of rotatable bonds is 20. The van der Waals surface area contributed by atoms with E-state index < -0.39 is 0 Å². The van der Waals surface area contributed by atoms with Gasteiger partial charge in [0.1, 0.15) is 0 Å². The molecule has 0 radical (unpaired) electrons. The zero-order valence-corrected chi connectivity index (χ0v) is 19.8. The van der Waals surface area contributed by atoms with Gasteiger partial charge in [-0.25, -0.2) is 0 Å². The van der Waals surface area contributed by atoms with Gasteiger partial charge >= 0.3 is 0 Å². The third-order valence-corrected chi connectivity index (χ3v) is 7.08. The quantitative estimate of drug-likeness (QED) is 0.189. The van der Waals surface area contributed by atoms with Crippen LogP contribution in [0.15, 0.2) is 0 Å². The highest BCUT2D eigenvalue weighted by molar-refractivity contribution is 8.13. The monoisotopic (exact) mass is 411 g/mol. The number of likely N-dealkylation sites (tertiary alicyclic amines) is 1. The van der Waals surface area contributed by atoms with Crippen molar-refractivity contribution < 1.29 is 4.79 Å². The van der Waals surface area contributed by atoms with Crippen molar-refractivity contribution in [2.45, 2.75) is 129 Å². The lowest BCUT2D eigenvalue weighted by Gasteiger charge is -2.13. The average molecular weight is 412 g/mol. The van der Waals surface area contributed by atoms with E-state index in [9.17, 15) is 4.79 Å². The molecule has 1 rings (SSSR count). The summed E-state index contributed by atoms with van der Waals surface area (Å²) in [5.74, 6) is 1.02. The van der Waals surface area contributed by atoms with Crippen LogP contribution in [0.5, 0.6) is 0 Å². The minimum absolute atomic E-state index is 0.427. The van der Waals surface area contributed by atoms with E-state index in [2.05, 4.69) is 11.8 Å². The molecule has 0 N–H and O–H groups in total. The molecule has 0 aliphatic carbocycles. The Bertz CT molecular complexity index is 341. The number of nitrogens with zero attached hydrogens (tertiary/aromatic N) is 1. The Labute approximate surface area is 181 Å². The number of hydrogen-bond donors (Lipinski definition) is 0. The van der Waals surface area contributed by atoms with Gasteiger partial charge in [0.15, 0.2) is 5.12 Å². The Morgan fingerprint density at radius 3 is 1.64 bits per heavy atom. The van der Waals surface area contributed by atoms with E-state index in [1.54, 1.807) is 11.8 Å². The maximum absolute atomic E-state index is 11.9. The Balaban J connectivity index is 1.70. The Kier molecular flexibility index (Phi) is 18.8. The molecule has 1 heterocycles. The van der Waals surface area contributed by atoms with Crippen LogP contribution in [0.1, 0.15) is 129 Å². The first-order valence-electron chi connectivity index (χ1n) is 12.7. The molecule has 0 spiro atoms. The van der Waals surface area contributed by atoms with Crippen molar-refractivity contribution in [1.82, 2.24) is 4.90 Å². The van der Waals surface area contributed by atoms with Crippen molar-refractivity contribution >= 4 is 16.9 Å². The van der Waals surface area contributed by atoms with Gasteiger partial charge in [-0.3, -0.25) is 4.79 Å². The summed E-state index contributed by atoms with van der Waals surface area (Å²) in [7, 11) is 0. The fourth-order valence-electron chi connectivity index (χ4n) is 4.19. The van der Waals surface area contributed by atoms with Crippen LogP contribution in [0.4, 0.5) is 0 Å². The van der Waals surface area contributed by atoms with Gasteiger partial charge in [-0.1, -0.05) is 109 Å². The molecule has 3 heteroatoms.